The monoisotopic (exact) mass is 273 g/mol. The van der Waals surface area contributed by atoms with Gasteiger partial charge in [0.2, 0.25) is 0 Å². The summed E-state index contributed by atoms with van der Waals surface area (Å²) in [4.78, 5) is 11.7. The van der Waals surface area contributed by atoms with Crippen LogP contribution in [-0.2, 0) is 0 Å². The van der Waals surface area contributed by atoms with E-state index in [0.717, 1.165) is 6.42 Å². The highest BCUT2D eigenvalue weighted by atomic mass is 79.9. The maximum atomic E-state index is 12.9. The molecule has 0 fully saturated rings. The molecule has 1 aromatic carbocycles. The minimum absolute atomic E-state index is 0.0904. The van der Waals surface area contributed by atoms with Gasteiger partial charge in [0.1, 0.15) is 5.82 Å². The van der Waals surface area contributed by atoms with Gasteiger partial charge >= 0.3 is 0 Å². The summed E-state index contributed by atoms with van der Waals surface area (Å²) in [5, 5.41) is 2.78. The van der Waals surface area contributed by atoms with Crippen molar-refractivity contribution in [3.63, 3.8) is 0 Å². The van der Waals surface area contributed by atoms with Crippen molar-refractivity contribution in [2.45, 2.75) is 26.3 Å². The molecular formula is C11H13BrFNO. The summed E-state index contributed by atoms with van der Waals surface area (Å²) in [6, 6.07) is 4.15. The van der Waals surface area contributed by atoms with Crippen LogP contribution in [0.2, 0.25) is 0 Å². The average molecular weight is 274 g/mol. The lowest BCUT2D eigenvalue weighted by Gasteiger charge is -2.12. The Morgan fingerprint density at radius 1 is 1.60 bits per heavy atom. The Bertz CT molecular complexity index is 368. The van der Waals surface area contributed by atoms with Crippen LogP contribution in [0.4, 0.5) is 4.39 Å². The van der Waals surface area contributed by atoms with E-state index < -0.39 is 5.82 Å². The summed E-state index contributed by atoms with van der Waals surface area (Å²) >= 11 is 3.22. The van der Waals surface area contributed by atoms with E-state index in [2.05, 4.69) is 21.2 Å². The summed E-state index contributed by atoms with van der Waals surface area (Å²) in [6.45, 7) is 3.89. The van der Waals surface area contributed by atoms with Gasteiger partial charge in [-0.1, -0.05) is 6.92 Å². The summed E-state index contributed by atoms with van der Waals surface area (Å²) in [5.74, 6) is -0.664. The zero-order chi connectivity index (χ0) is 11.4. The average Bonchev–Trinajstić information content (AvgIpc) is 2.21. The van der Waals surface area contributed by atoms with Crippen LogP contribution in [0.1, 0.15) is 30.6 Å². The Morgan fingerprint density at radius 3 is 2.87 bits per heavy atom. The van der Waals surface area contributed by atoms with Crippen molar-refractivity contribution in [1.82, 2.24) is 5.32 Å². The molecule has 0 aliphatic rings. The molecule has 4 heteroatoms. The molecule has 1 amide bonds. The smallest absolute Gasteiger partial charge is 0.252 e. The summed E-state index contributed by atoms with van der Waals surface area (Å²) in [5.41, 5.74) is 0.329. The van der Waals surface area contributed by atoms with Gasteiger partial charge in [0, 0.05) is 10.5 Å². The molecule has 0 aliphatic heterocycles. The van der Waals surface area contributed by atoms with Crippen LogP contribution < -0.4 is 5.32 Å². The van der Waals surface area contributed by atoms with E-state index in [-0.39, 0.29) is 11.9 Å². The lowest BCUT2D eigenvalue weighted by molar-refractivity contribution is 0.0938. The fourth-order valence-electron chi connectivity index (χ4n) is 1.08. The molecule has 1 aromatic rings. The van der Waals surface area contributed by atoms with Crippen LogP contribution in [0, 0.1) is 5.82 Å². The number of hydrogen-bond donors (Lipinski definition) is 1. The van der Waals surface area contributed by atoms with Crippen molar-refractivity contribution in [3.05, 3.63) is 34.1 Å². The Kier molecular flexibility index (Phi) is 4.27. The highest BCUT2D eigenvalue weighted by molar-refractivity contribution is 9.10. The topological polar surface area (TPSA) is 29.1 Å². The van der Waals surface area contributed by atoms with E-state index in [1.807, 2.05) is 13.8 Å². The molecule has 0 saturated heterocycles. The van der Waals surface area contributed by atoms with Crippen molar-refractivity contribution < 1.29 is 9.18 Å². The number of benzene rings is 1. The van der Waals surface area contributed by atoms with Gasteiger partial charge in [-0.2, -0.15) is 0 Å². The fourth-order valence-corrected chi connectivity index (χ4v) is 1.50. The van der Waals surface area contributed by atoms with Crippen molar-refractivity contribution in [2.75, 3.05) is 0 Å². The van der Waals surface area contributed by atoms with E-state index in [9.17, 15) is 9.18 Å². The van der Waals surface area contributed by atoms with Crippen LogP contribution in [0.5, 0.6) is 0 Å². The Hall–Kier alpha value is -0.900. The van der Waals surface area contributed by atoms with Crippen LogP contribution in [0.3, 0.4) is 0 Å². The number of rotatable bonds is 3. The first kappa shape index (κ1) is 12.2. The lowest BCUT2D eigenvalue weighted by Crippen LogP contribution is -2.32. The second kappa shape index (κ2) is 5.26. The Morgan fingerprint density at radius 2 is 2.27 bits per heavy atom. The number of amides is 1. The largest absolute Gasteiger partial charge is 0.350 e. The SMILES string of the molecule is CCC(C)NC(=O)c1cc(F)ccc1Br. The van der Waals surface area contributed by atoms with Crippen LogP contribution in [-0.4, -0.2) is 11.9 Å². The molecular weight excluding hydrogens is 261 g/mol. The van der Waals surface area contributed by atoms with Crippen molar-refractivity contribution in [1.29, 1.82) is 0 Å². The van der Waals surface area contributed by atoms with E-state index in [4.69, 9.17) is 0 Å². The molecule has 0 radical (unpaired) electrons. The van der Waals surface area contributed by atoms with Crippen LogP contribution >= 0.6 is 15.9 Å². The molecule has 1 rings (SSSR count). The molecule has 0 heterocycles. The second-order valence-corrected chi connectivity index (χ2v) is 4.26. The molecule has 0 bridgehead atoms. The normalized spacial score (nSPS) is 12.3. The molecule has 0 aliphatic carbocycles. The predicted octanol–water partition coefficient (Wildman–Crippen LogP) is 3.12. The highest BCUT2D eigenvalue weighted by Gasteiger charge is 2.12. The van der Waals surface area contributed by atoms with Gasteiger partial charge in [0.05, 0.1) is 5.56 Å². The molecule has 1 unspecified atom stereocenters. The van der Waals surface area contributed by atoms with Gasteiger partial charge in [0.15, 0.2) is 0 Å². The molecule has 0 aromatic heterocycles. The standard InChI is InChI=1S/C11H13BrFNO/c1-3-7(2)14-11(15)9-6-8(13)4-5-10(9)12/h4-7H,3H2,1-2H3,(H,14,15). The van der Waals surface area contributed by atoms with Gasteiger partial charge in [-0.05, 0) is 47.5 Å². The number of halogens is 2. The van der Waals surface area contributed by atoms with E-state index in [1.165, 1.54) is 18.2 Å². The molecule has 0 spiro atoms. The van der Waals surface area contributed by atoms with Gasteiger partial charge in [-0.25, -0.2) is 4.39 Å². The van der Waals surface area contributed by atoms with Crippen molar-refractivity contribution in [3.8, 4) is 0 Å². The third kappa shape index (κ3) is 3.30. The van der Waals surface area contributed by atoms with Gasteiger partial charge in [-0.3, -0.25) is 4.79 Å². The number of nitrogens with one attached hydrogen (secondary N) is 1. The van der Waals surface area contributed by atoms with Crippen LogP contribution in [0.15, 0.2) is 22.7 Å². The zero-order valence-corrected chi connectivity index (χ0v) is 10.3. The summed E-state index contributed by atoms with van der Waals surface area (Å²) in [7, 11) is 0. The van der Waals surface area contributed by atoms with Crippen LogP contribution in [0.25, 0.3) is 0 Å². The first-order chi connectivity index (χ1) is 7.04. The Labute approximate surface area is 97.0 Å². The minimum atomic E-state index is -0.410. The summed E-state index contributed by atoms with van der Waals surface area (Å²) in [6.07, 6.45) is 0.846. The molecule has 15 heavy (non-hydrogen) atoms. The maximum Gasteiger partial charge on any atom is 0.252 e. The number of hydrogen-bond acceptors (Lipinski definition) is 1. The number of carbonyl (C=O) groups excluding carboxylic acids is 1. The summed E-state index contributed by atoms with van der Waals surface area (Å²) < 4.78 is 13.5. The van der Waals surface area contributed by atoms with Crippen molar-refractivity contribution in [2.24, 2.45) is 0 Å². The predicted molar refractivity (Wildman–Crippen MR) is 61.3 cm³/mol. The zero-order valence-electron chi connectivity index (χ0n) is 8.68. The van der Waals surface area contributed by atoms with Gasteiger partial charge < -0.3 is 5.32 Å². The fraction of sp³-hybridized carbons (Fsp3) is 0.364. The van der Waals surface area contributed by atoms with E-state index in [0.29, 0.717) is 10.0 Å². The minimum Gasteiger partial charge on any atom is -0.350 e. The molecule has 1 atom stereocenters. The van der Waals surface area contributed by atoms with Crippen molar-refractivity contribution >= 4 is 21.8 Å². The molecule has 1 N–H and O–H groups in total. The first-order valence-corrected chi connectivity index (χ1v) is 5.59. The number of carbonyl (C=O) groups is 1. The second-order valence-electron chi connectivity index (χ2n) is 3.41. The quantitative estimate of drug-likeness (QED) is 0.901. The molecule has 0 saturated carbocycles. The first-order valence-electron chi connectivity index (χ1n) is 4.80. The van der Waals surface area contributed by atoms with Gasteiger partial charge in [-0.15, -0.1) is 0 Å². The highest BCUT2D eigenvalue weighted by Crippen LogP contribution is 2.17. The third-order valence-electron chi connectivity index (χ3n) is 2.16. The molecule has 82 valence electrons. The Balaban J connectivity index is 2.86. The lowest BCUT2D eigenvalue weighted by atomic mass is 10.2. The maximum absolute atomic E-state index is 12.9. The third-order valence-corrected chi connectivity index (χ3v) is 2.85. The van der Waals surface area contributed by atoms with Gasteiger partial charge in [0.25, 0.3) is 5.91 Å². The van der Waals surface area contributed by atoms with E-state index >= 15 is 0 Å². The van der Waals surface area contributed by atoms with E-state index in [1.54, 1.807) is 0 Å². The molecule has 2 nitrogen and oxygen atoms in total.